The van der Waals surface area contributed by atoms with Crippen LogP contribution in [0.1, 0.15) is 34.1 Å². The molecule has 1 N–H and O–H groups in total. The summed E-state index contributed by atoms with van der Waals surface area (Å²) in [5.41, 5.74) is -0.543. The lowest BCUT2D eigenvalue weighted by atomic mass is 9.95. The van der Waals surface area contributed by atoms with Gasteiger partial charge in [0.25, 0.3) is 0 Å². The van der Waals surface area contributed by atoms with E-state index in [0.29, 0.717) is 0 Å². The first kappa shape index (κ1) is 17.4. The Morgan fingerprint density at radius 2 is 1.79 bits per heavy atom. The standard InChI is InChI=1S/C13H24N2O4/c1-9(14-12(18)13(2,3)4)11(17)15(5)8-7-10(16)19-6/h9H,7-8H2,1-6H3,(H,14,18). The number of nitrogens with zero attached hydrogens (tertiary/aromatic N) is 1. The van der Waals surface area contributed by atoms with Crippen LogP contribution in [-0.2, 0) is 19.1 Å². The van der Waals surface area contributed by atoms with Gasteiger partial charge in [-0.25, -0.2) is 0 Å². The second kappa shape index (κ2) is 7.11. The number of rotatable bonds is 5. The lowest BCUT2D eigenvalue weighted by Crippen LogP contribution is -2.49. The Bertz CT molecular complexity index is 347. The van der Waals surface area contributed by atoms with Crippen LogP contribution >= 0.6 is 0 Å². The molecule has 1 atom stereocenters. The molecular weight excluding hydrogens is 248 g/mol. The lowest BCUT2D eigenvalue weighted by Gasteiger charge is -2.25. The molecule has 2 amide bonds. The highest BCUT2D eigenvalue weighted by atomic mass is 16.5. The van der Waals surface area contributed by atoms with Gasteiger partial charge in [-0.15, -0.1) is 0 Å². The Kier molecular flexibility index (Phi) is 6.52. The second-order valence-corrected chi connectivity index (χ2v) is 5.53. The number of ether oxygens (including phenoxy) is 1. The van der Waals surface area contributed by atoms with E-state index in [-0.39, 0.29) is 30.7 Å². The van der Waals surface area contributed by atoms with Crippen molar-refractivity contribution in [2.45, 2.75) is 40.2 Å². The van der Waals surface area contributed by atoms with Gasteiger partial charge >= 0.3 is 5.97 Å². The molecule has 0 aromatic carbocycles. The number of esters is 1. The van der Waals surface area contributed by atoms with E-state index in [4.69, 9.17) is 0 Å². The number of carbonyl (C=O) groups is 3. The molecule has 1 unspecified atom stereocenters. The zero-order chi connectivity index (χ0) is 15.2. The molecule has 0 aliphatic rings. The number of nitrogens with one attached hydrogen (secondary N) is 1. The largest absolute Gasteiger partial charge is 0.469 e. The third-order valence-corrected chi connectivity index (χ3v) is 2.65. The maximum Gasteiger partial charge on any atom is 0.307 e. The Labute approximate surface area is 114 Å². The predicted molar refractivity (Wildman–Crippen MR) is 71.3 cm³/mol. The molecule has 0 spiro atoms. The Morgan fingerprint density at radius 3 is 2.21 bits per heavy atom. The maximum absolute atomic E-state index is 12.0. The summed E-state index contributed by atoms with van der Waals surface area (Å²) in [5, 5.41) is 2.66. The van der Waals surface area contributed by atoms with Gasteiger partial charge in [0, 0.05) is 19.0 Å². The Hall–Kier alpha value is -1.59. The van der Waals surface area contributed by atoms with Gasteiger partial charge < -0.3 is 15.0 Å². The highest BCUT2D eigenvalue weighted by molar-refractivity contribution is 5.89. The molecular formula is C13H24N2O4. The summed E-state index contributed by atoms with van der Waals surface area (Å²) in [7, 11) is 2.89. The van der Waals surface area contributed by atoms with Crippen LogP contribution < -0.4 is 5.32 Å². The van der Waals surface area contributed by atoms with Gasteiger partial charge in [-0.3, -0.25) is 14.4 Å². The van der Waals surface area contributed by atoms with E-state index in [2.05, 4.69) is 10.1 Å². The number of likely N-dealkylation sites (N-methyl/N-ethyl adjacent to an activating group) is 1. The molecule has 0 rings (SSSR count). The van der Waals surface area contributed by atoms with Crippen molar-refractivity contribution in [2.24, 2.45) is 5.41 Å². The average Bonchev–Trinajstić information content (AvgIpc) is 2.32. The quantitative estimate of drug-likeness (QED) is 0.742. The average molecular weight is 272 g/mol. The molecule has 19 heavy (non-hydrogen) atoms. The van der Waals surface area contributed by atoms with Crippen molar-refractivity contribution in [3.05, 3.63) is 0 Å². The van der Waals surface area contributed by atoms with Crippen molar-refractivity contribution >= 4 is 17.8 Å². The lowest BCUT2D eigenvalue weighted by molar-refractivity contribution is -0.142. The van der Waals surface area contributed by atoms with Crippen molar-refractivity contribution in [3.8, 4) is 0 Å². The van der Waals surface area contributed by atoms with Gasteiger partial charge in [-0.2, -0.15) is 0 Å². The first-order valence-corrected chi connectivity index (χ1v) is 6.22. The summed E-state index contributed by atoms with van der Waals surface area (Å²) in [6, 6.07) is -0.616. The van der Waals surface area contributed by atoms with E-state index in [1.165, 1.54) is 12.0 Å². The topological polar surface area (TPSA) is 75.7 Å². The molecule has 0 heterocycles. The molecule has 0 saturated carbocycles. The molecule has 0 radical (unpaired) electrons. The smallest absolute Gasteiger partial charge is 0.307 e. The van der Waals surface area contributed by atoms with Crippen LogP contribution in [0, 0.1) is 5.41 Å². The Balaban J connectivity index is 4.33. The molecule has 0 fully saturated rings. The van der Waals surface area contributed by atoms with E-state index in [9.17, 15) is 14.4 Å². The fraction of sp³-hybridized carbons (Fsp3) is 0.769. The molecule has 110 valence electrons. The normalized spacial score (nSPS) is 12.5. The van der Waals surface area contributed by atoms with Crippen LogP contribution in [0.3, 0.4) is 0 Å². The van der Waals surface area contributed by atoms with E-state index in [1.54, 1.807) is 34.7 Å². The van der Waals surface area contributed by atoms with Gasteiger partial charge in [0.05, 0.1) is 13.5 Å². The highest BCUT2D eigenvalue weighted by Gasteiger charge is 2.26. The van der Waals surface area contributed by atoms with Gasteiger partial charge in [0.1, 0.15) is 6.04 Å². The van der Waals surface area contributed by atoms with Gasteiger partial charge in [0.15, 0.2) is 0 Å². The van der Waals surface area contributed by atoms with E-state index >= 15 is 0 Å². The second-order valence-electron chi connectivity index (χ2n) is 5.53. The fourth-order valence-electron chi connectivity index (χ4n) is 1.28. The monoisotopic (exact) mass is 272 g/mol. The summed E-state index contributed by atoms with van der Waals surface area (Å²) in [4.78, 5) is 36.1. The first-order chi connectivity index (χ1) is 8.59. The minimum absolute atomic E-state index is 0.138. The van der Waals surface area contributed by atoms with Crippen molar-refractivity contribution in [1.82, 2.24) is 10.2 Å². The summed E-state index contributed by atoms with van der Waals surface area (Å²) in [5.74, 6) is -0.790. The van der Waals surface area contributed by atoms with Crippen LogP contribution in [0.2, 0.25) is 0 Å². The van der Waals surface area contributed by atoms with Gasteiger partial charge in [-0.05, 0) is 6.92 Å². The maximum atomic E-state index is 12.0. The molecule has 0 saturated heterocycles. The molecule has 6 nitrogen and oxygen atoms in total. The number of amides is 2. The van der Waals surface area contributed by atoms with Crippen molar-refractivity contribution in [1.29, 1.82) is 0 Å². The number of hydrogen-bond acceptors (Lipinski definition) is 4. The SMILES string of the molecule is COC(=O)CCN(C)C(=O)C(C)NC(=O)C(C)(C)C. The molecule has 0 aliphatic heterocycles. The number of carbonyl (C=O) groups excluding carboxylic acids is 3. The zero-order valence-corrected chi connectivity index (χ0v) is 12.6. The van der Waals surface area contributed by atoms with E-state index in [1.807, 2.05) is 0 Å². The number of hydrogen-bond donors (Lipinski definition) is 1. The molecule has 0 aromatic heterocycles. The van der Waals surface area contributed by atoms with Crippen molar-refractivity contribution in [3.63, 3.8) is 0 Å². The van der Waals surface area contributed by atoms with E-state index in [0.717, 1.165) is 0 Å². The predicted octanol–water partition coefficient (Wildman–Crippen LogP) is 0.559. The van der Waals surface area contributed by atoms with Crippen LogP contribution in [-0.4, -0.2) is 49.4 Å². The molecule has 0 aromatic rings. The molecule has 0 bridgehead atoms. The van der Waals surface area contributed by atoms with Crippen LogP contribution in [0.25, 0.3) is 0 Å². The Morgan fingerprint density at radius 1 is 1.26 bits per heavy atom. The van der Waals surface area contributed by atoms with Crippen LogP contribution in [0.15, 0.2) is 0 Å². The van der Waals surface area contributed by atoms with Crippen molar-refractivity contribution < 1.29 is 19.1 Å². The van der Waals surface area contributed by atoms with E-state index < -0.39 is 11.5 Å². The molecule has 0 aliphatic carbocycles. The minimum Gasteiger partial charge on any atom is -0.469 e. The highest BCUT2D eigenvalue weighted by Crippen LogP contribution is 2.13. The minimum atomic E-state index is -0.616. The van der Waals surface area contributed by atoms with Gasteiger partial charge in [-0.1, -0.05) is 20.8 Å². The fourth-order valence-corrected chi connectivity index (χ4v) is 1.28. The third kappa shape index (κ3) is 6.22. The van der Waals surface area contributed by atoms with Crippen LogP contribution in [0.4, 0.5) is 0 Å². The zero-order valence-electron chi connectivity index (χ0n) is 12.6. The van der Waals surface area contributed by atoms with Gasteiger partial charge in [0.2, 0.25) is 11.8 Å². The summed E-state index contributed by atoms with van der Waals surface area (Å²) >= 11 is 0. The number of methoxy groups -OCH3 is 1. The summed E-state index contributed by atoms with van der Waals surface area (Å²) < 4.78 is 4.50. The third-order valence-electron chi connectivity index (χ3n) is 2.65. The first-order valence-electron chi connectivity index (χ1n) is 6.22. The summed E-state index contributed by atoms with van der Waals surface area (Å²) in [6.45, 7) is 7.23. The van der Waals surface area contributed by atoms with Crippen molar-refractivity contribution in [2.75, 3.05) is 20.7 Å². The molecule has 6 heteroatoms. The van der Waals surface area contributed by atoms with Crippen LogP contribution in [0.5, 0.6) is 0 Å². The summed E-state index contributed by atoms with van der Waals surface area (Å²) in [6.07, 6.45) is 0.138.